The molecule has 0 spiro atoms. The minimum Gasteiger partial charge on any atom is -0.324 e. The molecule has 0 fully saturated rings. The number of nitrogens with zero attached hydrogens (tertiary/aromatic N) is 2. The van der Waals surface area contributed by atoms with Gasteiger partial charge in [0.1, 0.15) is 6.04 Å². The van der Waals surface area contributed by atoms with Crippen molar-refractivity contribution >= 4 is 23.2 Å². The molecule has 6 heteroatoms. The van der Waals surface area contributed by atoms with Crippen LogP contribution in [0.1, 0.15) is 34.6 Å². The van der Waals surface area contributed by atoms with Crippen molar-refractivity contribution in [1.29, 1.82) is 0 Å². The van der Waals surface area contributed by atoms with E-state index in [4.69, 9.17) is 0 Å². The van der Waals surface area contributed by atoms with Crippen LogP contribution in [-0.2, 0) is 4.79 Å². The van der Waals surface area contributed by atoms with E-state index in [0.717, 1.165) is 16.8 Å². The smallest absolute Gasteiger partial charge is 0.276 e. The monoisotopic (exact) mass is 362 g/mol. The molecule has 3 rings (SSSR count). The third kappa shape index (κ3) is 4.61. The number of rotatable bonds is 5. The van der Waals surface area contributed by atoms with Crippen LogP contribution in [-0.4, -0.2) is 21.6 Å². The number of aromatic nitrogens is 2. The van der Waals surface area contributed by atoms with Crippen LogP contribution in [0.4, 0.5) is 11.4 Å². The number of hydrogen-bond donors (Lipinski definition) is 2. The van der Waals surface area contributed by atoms with Gasteiger partial charge in [-0.25, -0.2) is 0 Å². The average Bonchev–Trinajstić information content (AvgIpc) is 3.11. The molecule has 1 aromatic heterocycles. The molecule has 0 saturated heterocycles. The number of aryl methyl sites for hydroxylation is 2. The quantitative estimate of drug-likeness (QED) is 0.721. The van der Waals surface area contributed by atoms with Gasteiger partial charge in [0.05, 0.1) is 0 Å². The van der Waals surface area contributed by atoms with Crippen molar-refractivity contribution in [2.45, 2.75) is 26.8 Å². The Hall–Kier alpha value is -3.41. The number of carbonyl (C=O) groups excluding carboxylic acids is 2. The maximum Gasteiger partial charge on any atom is 0.276 e. The Morgan fingerprint density at radius 1 is 0.926 bits per heavy atom. The normalized spacial score (nSPS) is 11.7. The number of carbonyl (C=O) groups is 2. The highest BCUT2D eigenvalue weighted by atomic mass is 16.2. The van der Waals surface area contributed by atoms with E-state index >= 15 is 0 Å². The molecule has 0 aliphatic rings. The summed E-state index contributed by atoms with van der Waals surface area (Å²) >= 11 is 0. The van der Waals surface area contributed by atoms with Gasteiger partial charge in [-0.1, -0.05) is 24.3 Å². The maximum atomic E-state index is 12.5. The molecule has 3 aromatic rings. The van der Waals surface area contributed by atoms with Crippen LogP contribution in [0.2, 0.25) is 0 Å². The number of anilines is 2. The minimum absolute atomic E-state index is 0.200. The molecule has 0 aliphatic heterocycles. The van der Waals surface area contributed by atoms with Crippen LogP contribution in [0.15, 0.2) is 60.8 Å². The zero-order valence-electron chi connectivity index (χ0n) is 15.6. The molecule has 2 N–H and O–H groups in total. The van der Waals surface area contributed by atoms with Crippen LogP contribution in [0.5, 0.6) is 0 Å². The van der Waals surface area contributed by atoms with Crippen LogP contribution in [0.25, 0.3) is 0 Å². The molecule has 0 saturated carbocycles. The first-order valence-corrected chi connectivity index (χ1v) is 8.73. The van der Waals surface area contributed by atoms with Crippen LogP contribution in [0.3, 0.4) is 0 Å². The lowest BCUT2D eigenvalue weighted by molar-refractivity contribution is -0.119. The molecule has 0 unspecified atom stereocenters. The van der Waals surface area contributed by atoms with E-state index in [9.17, 15) is 9.59 Å². The molecular weight excluding hydrogens is 340 g/mol. The summed E-state index contributed by atoms with van der Waals surface area (Å²) in [5.74, 6) is -0.514. The van der Waals surface area contributed by atoms with E-state index < -0.39 is 6.04 Å². The van der Waals surface area contributed by atoms with Crippen molar-refractivity contribution in [2.24, 2.45) is 0 Å². The molecule has 0 bridgehead atoms. The van der Waals surface area contributed by atoms with Gasteiger partial charge < -0.3 is 10.6 Å². The molecule has 6 nitrogen and oxygen atoms in total. The Balaban J connectivity index is 1.67. The minimum atomic E-state index is -0.550. The van der Waals surface area contributed by atoms with Crippen LogP contribution in [0, 0.1) is 13.8 Å². The first kappa shape index (κ1) is 18.4. The average molecular weight is 362 g/mol. The van der Waals surface area contributed by atoms with E-state index in [2.05, 4.69) is 15.7 Å². The maximum absolute atomic E-state index is 12.5. The predicted octanol–water partition coefficient (Wildman–Crippen LogP) is 3.95. The van der Waals surface area contributed by atoms with E-state index in [-0.39, 0.29) is 17.5 Å². The van der Waals surface area contributed by atoms with Crippen LogP contribution < -0.4 is 10.6 Å². The van der Waals surface area contributed by atoms with Crippen molar-refractivity contribution < 1.29 is 9.59 Å². The molecule has 0 radical (unpaired) electrons. The molecule has 27 heavy (non-hydrogen) atoms. The topological polar surface area (TPSA) is 76.0 Å². The summed E-state index contributed by atoms with van der Waals surface area (Å²) in [7, 11) is 0. The Bertz CT molecular complexity index is 978. The van der Waals surface area contributed by atoms with Gasteiger partial charge in [0.15, 0.2) is 5.69 Å². The molecule has 2 amide bonds. The molecular formula is C21H22N4O2. The lowest BCUT2D eigenvalue weighted by Crippen LogP contribution is -2.24. The summed E-state index contributed by atoms with van der Waals surface area (Å²) in [5.41, 5.74) is 3.82. The number of hydrogen-bond acceptors (Lipinski definition) is 3. The number of nitrogens with one attached hydrogen (secondary N) is 2. The van der Waals surface area contributed by atoms with Gasteiger partial charge in [-0.3, -0.25) is 14.3 Å². The third-order valence-electron chi connectivity index (χ3n) is 4.18. The molecule has 0 aliphatic carbocycles. The van der Waals surface area contributed by atoms with Gasteiger partial charge in [0.2, 0.25) is 5.91 Å². The van der Waals surface area contributed by atoms with Crippen molar-refractivity contribution in [2.75, 3.05) is 10.6 Å². The second-order valence-corrected chi connectivity index (χ2v) is 6.54. The Morgan fingerprint density at radius 2 is 1.52 bits per heavy atom. The number of benzene rings is 2. The highest BCUT2D eigenvalue weighted by Gasteiger charge is 2.18. The van der Waals surface area contributed by atoms with Crippen molar-refractivity contribution in [3.8, 4) is 0 Å². The highest BCUT2D eigenvalue weighted by Crippen LogP contribution is 2.15. The summed E-state index contributed by atoms with van der Waals surface area (Å²) < 4.78 is 1.48. The molecule has 1 atom stereocenters. The summed E-state index contributed by atoms with van der Waals surface area (Å²) in [4.78, 5) is 24.8. The van der Waals surface area contributed by atoms with Crippen molar-refractivity contribution in [1.82, 2.24) is 9.78 Å². The fourth-order valence-corrected chi connectivity index (χ4v) is 2.68. The fourth-order valence-electron chi connectivity index (χ4n) is 2.68. The van der Waals surface area contributed by atoms with Crippen LogP contribution >= 0.6 is 0 Å². The van der Waals surface area contributed by atoms with Gasteiger partial charge in [0.25, 0.3) is 5.91 Å². The van der Waals surface area contributed by atoms with E-state index in [1.807, 2.05) is 62.4 Å². The lowest BCUT2D eigenvalue weighted by atomic mass is 10.2. The van der Waals surface area contributed by atoms with Gasteiger partial charge in [-0.15, -0.1) is 0 Å². The lowest BCUT2D eigenvalue weighted by Gasteiger charge is -2.13. The Morgan fingerprint density at radius 3 is 2.11 bits per heavy atom. The second kappa shape index (κ2) is 7.86. The molecule has 138 valence electrons. The van der Waals surface area contributed by atoms with Crippen molar-refractivity contribution in [3.63, 3.8) is 0 Å². The zero-order valence-corrected chi connectivity index (χ0v) is 15.6. The second-order valence-electron chi connectivity index (χ2n) is 6.54. The van der Waals surface area contributed by atoms with Gasteiger partial charge >= 0.3 is 0 Å². The summed E-state index contributed by atoms with van der Waals surface area (Å²) in [5, 5.41) is 9.93. The molecule has 2 aromatic carbocycles. The SMILES string of the molecule is Cc1cccc(NC(=O)c2ccn([C@H](C)C(=O)Nc3cccc(C)c3)n2)c1. The fraction of sp³-hybridized carbons (Fsp3) is 0.190. The van der Waals surface area contributed by atoms with Gasteiger partial charge in [-0.2, -0.15) is 5.10 Å². The van der Waals surface area contributed by atoms with Gasteiger partial charge in [-0.05, 0) is 62.2 Å². The van der Waals surface area contributed by atoms with Crippen molar-refractivity contribution in [3.05, 3.63) is 77.6 Å². The standard InChI is InChI=1S/C21H22N4O2/c1-14-6-4-8-17(12-14)22-20(26)16(3)25-11-10-19(24-25)21(27)23-18-9-5-7-15(2)13-18/h4-13,16H,1-3H3,(H,22,26)(H,23,27)/t16-/m1/s1. The third-order valence-corrected chi connectivity index (χ3v) is 4.18. The first-order chi connectivity index (χ1) is 12.9. The van der Waals surface area contributed by atoms with E-state index in [0.29, 0.717) is 5.69 Å². The largest absolute Gasteiger partial charge is 0.324 e. The van der Waals surface area contributed by atoms with Gasteiger partial charge in [0, 0.05) is 17.6 Å². The van der Waals surface area contributed by atoms with E-state index in [1.54, 1.807) is 19.2 Å². The Labute approximate surface area is 158 Å². The predicted molar refractivity (Wildman–Crippen MR) is 106 cm³/mol. The highest BCUT2D eigenvalue weighted by molar-refractivity contribution is 6.03. The summed E-state index contributed by atoms with van der Waals surface area (Å²) in [6.07, 6.45) is 1.63. The summed E-state index contributed by atoms with van der Waals surface area (Å²) in [6.45, 7) is 5.66. The Kier molecular flexibility index (Phi) is 5.35. The molecule has 1 heterocycles. The van der Waals surface area contributed by atoms with E-state index in [1.165, 1.54) is 4.68 Å². The first-order valence-electron chi connectivity index (χ1n) is 8.73. The zero-order chi connectivity index (χ0) is 19.4. The number of amides is 2. The summed E-state index contributed by atoms with van der Waals surface area (Å²) in [6, 6.07) is 16.2.